The fourth-order valence-electron chi connectivity index (χ4n) is 0.908. The number of para-hydroxylation sites is 2. The minimum absolute atomic E-state index is 0.428. The van der Waals surface area contributed by atoms with Gasteiger partial charge in [-0.1, -0.05) is 18.7 Å². The minimum Gasteiger partial charge on any atom is -0.397 e. The van der Waals surface area contributed by atoms with E-state index in [1.54, 1.807) is 6.07 Å². The molecule has 3 nitrogen and oxygen atoms in total. The Bertz CT molecular complexity index is 320. The van der Waals surface area contributed by atoms with Crippen LogP contribution in [0.15, 0.2) is 36.4 Å². The molecule has 0 fully saturated rings. The number of hydrogen-bond donors (Lipinski definition) is 2. The van der Waals surface area contributed by atoms with Crippen molar-refractivity contribution >= 4 is 17.7 Å². The van der Waals surface area contributed by atoms with Gasteiger partial charge in [-0.05, 0) is 12.1 Å². The van der Waals surface area contributed by atoms with Crippen LogP contribution >= 0.6 is 0 Å². The summed E-state index contributed by atoms with van der Waals surface area (Å²) in [6, 6.07) is 7.39. The number of aldehydes is 1. The molecule has 0 bridgehead atoms. The lowest BCUT2D eigenvalue weighted by Gasteiger charge is -2.07. The molecule has 0 aliphatic heterocycles. The maximum Gasteiger partial charge on any atom is 0.147 e. The van der Waals surface area contributed by atoms with E-state index in [9.17, 15) is 4.79 Å². The molecule has 0 aromatic heterocycles. The first-order valence-electron chi connectivity index (χ1n) is 3.95. The number of nitrogens with two attached hydrogens (primary N) is 1. The van der Waals surface area contributed by atoms with Gasteiger partial charge in [0.25, 0.3) is 0 Å². The number of nitrogens with one attached hydrogen (secondary N) is 1. The smallest absolute Gasteiger partial charge is 0.147 e. The molecule has 0 amide bonds. The summed E-state index contributed by atoms with van der Waals surface area (Å²) in [5.41, 5.74) is 7.66. The van der Waals surface area contributed by atoms with Crippen LogP contribution in [0.25, 0.3) is 0 Å². The lowest BCUT2D eigenvalue weighted by atomic mass is 10.2. The summed E-state index contributed by atoms with van der Waals surface area (Å²) in [7, 11) is 0. The highest BCUT2D eigenvalue weighted by molar-refractivity contribution is 5.75. The zero-order chi connectivity index (χ0) is 9.68. The number of hydrogen-bond acceptors (Lipinski definition) is 3. The predicted molar refractivity (Wildman–Crippen MR) is 54.5 cm³/mol. The molecule has 1 rings (SSSR count). The van der Waals surface area contributed by atoms with Crippen molar-refractivity contribution in [2.45, 2.75) is 0 Å². The first-order chi connectivity index (χ1) is 6.24. The van der Waals surface area contributed by atoms with Crippen LogP contribution < -0.4 is 11.1 Å². The topological polar surface area (TPSA) is 55.1 Å². The molecule has 1 aromatic rings. The Morgan fingerprint density at radius 2 is 2.23 bits per heavy atom. The summed E-state index contributed by atoms with van der Waals surface area (Å²) in [6.07, 6.45) is 0.728. The molecule has 0 atom stereocenters. The van der Waals surface area contributed by atoms with Crippen molar-refractivity contribution in [1.82, 2.24) is 0 Å². The zero-order valence-electron chi connectivity index (χ0n) is 7.29. The van der Waals surface area contributed by atoms with Crippen LogP contribution in [0.1, 0.15) is 0 Å². The van der Waals surface area contributed by atoms with Gasteiger partial charge in [-0.25, -0.2) is 0 Å². The van der Waals surface area contributed by atoms with Gasteiger partial charge in [-0.3, -0.25) is 4.79 Å². The van der Waals surface area contributed by atoms with Gasteiger partial charge in [-0.15, -0.1) is 0 Å². The minimum atomic E-state index is 0.428. The predicted octanol–water partition coefficient (Wildman–Crippen LogP) is 1.44. The van der Waals surface area contributed by atoms with Crippen molar-refractivity contribution in [2.24, 2.45) is 0 Å². The highest BCUT2D eigenvalue weighted by Gasteiger charge is 1.96. The second-order valence-electron chi connectivity index (χ2n) is 2.72. The maximum absolute atomic E-state index is 10.2. The molecule has 0 unspecified atom stereocenters. The second kappa shape index (κ2) is 4.30. The van der Waals surface area contributed by atoms with Gasteiger partial charge in [0, 0.05) is 12.1 Å². The highest BCUT2D eigenvalue weighted by atomic mass is 16.1. The van der Waals surface area contributed by atoms with Crippen molar-refractivity contribution in [3.05, 3.63) is 36.4 Å². The molecule has 3 N–H and O–H groups in total. The largest absolute Gasteiger partial charge is 0.397 e. The molecule has 0 aliphatic rings. The lowest BCUT2D eigenvalue weighted by molar-refractivity contribution is -0.104. The first kappa shape index (κ1) is 9.32. The van der Waals surface area contributed by atoms with Gasteiger partial charge in [0.1, 0.15) is 6.29 Å². The summed E-state index contributed by atoms with van der Waals surface area (Å²) in [5, 5.41) is 3.01. The fraction of sp³-hybridized carbons (Fsp3) is 0.100. The normalized spacial score (nSPS) is 9.23. The average molecular weight is 176 g/mol. The third-order valence-corrected chi connectivity index (χ3v) is 1.63. The van der Waals surface area contributed by atoms with Crippen molar-refractivity contribution < 1.29 is 4.79 Å². The van der Waals surface area contributed by atoms with Crippen LogP contribution in [0.3, 0.4) is 0 Å². The molecule has 0 saturated heterocycles. The molecule has 13 heavy (non-hydrogen) atoms. The monoisotopic (exact) mass is 176 g/mol. The Kier molecular flexibility index (Phi) is 3.09. The summed E-state index contributed by atoms with van der Waals surface area (Å²) < 4.78 is 0. The number of carbonyl (C=O) groups is 1. The Morgan fingerprint density at radius 3 is 2.85 bits per heavy atom. The SMILES string of the molecule is C=C(C=O)CNc1ccccc1N. The molecule has 3 heteroatoms. The lowest BCUT2D eigenvalue weighted by Crippen LogP contribution is -2.06. The molecular weight excluding hydrogens is 164 g/mol. The van der Waals surface area contributed by atoms with Crippen molar-refractivity contribution in [2.75, 3.05) is 17.6 Å². The van der Waals surface area contributed by atoms with Crippen LogP contribution in [-0.2, 0) is 4.79 Å². The van der Waals surface area contributed by atoms with E-state index in [4.69, 9.17) is 5.73 Å². The van der Waals surface area contributed by atoms with Crippen LogP contribution in [0.4, 0.5) is 11.4 Å². The number of benzene rings is 1. The van der Waals surface area contributed by atoms with E-state index in [1.807, 2.05) is 18.2 Å². The van der Waals surface area contributed by atoms with E-state index in [1.165, 1.54) is 0 Å². The molecule has 68 valence electrons. The summed E-state index contributed by atoms with van der Waals surface area (Å²) in [6.45, 7) is 3.97. The van der Waals surface area contributed by atoms with Gasteiger partial charge in [-0.2, -0.15) is 0 Å². The van der Waals surface area contributed by atoms with Crippen molar-refractivity contribution in [3.8, 4) is 0 Å². The standard InChI is InChI=1S/C10H12N2O/c1-8(7-13)6-12-10-5-3-2-4-9(10)11/h2-5,7,12H,1,6,11H2. The molecule has 0 spiro atoms. The van der Waals surface area contributed by atoms with Crippen LogP contribution in [0.2, 0.25) is 0 Å². The quantitative estimate of drug-likeness (QED) is 0.414. The van der Waals surface area contributed by atoms with E-state index in [0.29, 0.717) is 17.8 Å². The maximum atomic E-state index is 10.2. The second-order valence-corrected chi connectivity index (χ2v) is 2.72. The molecular formula is C10H12N2O. The molecule has 0 radical (unpaired) electrons. The molecule has 0 aliphatic carbocycles. The highest BCUT2D eigenvalue weighted by Crippen LogP contribution is 2.16. The van der Waals surface area contributed by atoms with Crippen LogP contribution in [0, 0.1) is 0 Å². The summed E-state index contributed by atoms with van der Waals surface area (Å²) in [5.74, 6) is 0. The summed E-state index contributed by atoms with van der Waals surface area (Å²) in [4.78, 5) is 10.2. The van der Waals surface area contributed by atoms with E-state index >= 15 is 0 Å². The average Bonchev–Trinajstić information content (AvgIpc) is 2.16. The van der Waals surface area contributed by atoms with Crippen LogP contribution in [0.5, 0.6) is 0 Å². The number of rotatable bonds is 4. The van der Waals surface area contributed by atoms with E-state index in [2.05, 4.69) is 11.9 Å². The Labute approximate surface area is 77.3 Å². The van der Waals surface area contributed by atoms with Gasteiger partial charge in [0.2, 0.25) is 0 Å². The fourth-order valence-corrected chi connectivity index (χ4v) is 0.908. The Hall–Kier alpha value is -1.77. The molecule has 1 aromatic carbocycles. The van der Waals surface area contributed by atoms with Gasteiger partial charge < -0.3 is 11.1 Å². The third kappa shape index (κ3) is 2.63. The van der Waals surface area contributed by atoms with Gasteiger partial charge in [0.05, 0.1) is 11.4 Å². The third-order valence-electron chi connectivity index (χ3n) is 1.63. The number of carbonyl (C=O) groups excluding carboxylic acids is 1. The van der Waals surface area contributed by atoms with Crippen molar-refractivity contribution in [3.63, 3.8) is 0 Å². The van der Waals surface area contributed by atoms with E-state index in [-0.39, 0.29) is 0 Å². The van der Waals surface area contributed by atoms with Crippen LogP contribution in [-0.4, -0.2) is 12.8 Å². The Balaban J connectivity index is 2.59. The number of nitrogen functional groups attached to an aromatic ring is 1. The molecule has 0 saturated carbocycles. The summed E-state index contributed by atoms with van der Waals surface area (Å²) >= 11 is 0. The zero-order valence-corrected chi connectivity index (χ0v) is 7.29. The van der Waals surface area contributed by atoms with Crippen molar-refractivity contribution in [1.29, 1.82) is 0 Å². The Morgan fingerprint density at radius 1 is 1.54 bits per heavy atom. The number of anilines is 2. The van der Waals surface area contributed by atoms with E-state index in [0.717, 1.165) is 12.0 Å². The van der Waals surface area contributed by atoms with Gasteiger partial charge in [0.15, 0.2) is 0 Å². The molecule has 0 heterocycles. The van der Waals surface area contributed by atoms with Gasteiger partial charge >= 0.3 is 0 Å². The van der Waals surface area contributed by atoms with E-state index < -0.39 is 0 Å². The first-order valence-corrected chi connectivity index (χ1v) is 3.95.